The van der Waals surface area contributed by atoms with E-state index in [2.05, 4.69) is 5.32 Å². The lowest BCUT2D eigenvalue weighted by Gasteiger charge is -2.34. The Morgan fingerprint density at radius 2 is 1.69 bits per heavy atom. The monoisotopic (exact) mass is 533 g/mol. The molecule has 4 atom stereocenters. The molecule has 0 saturated carbocycles. The van der Waals surface area contributed by atoms with E-state index in [1.165, 1.54) is 22.9 Å². The maximum Gasteiger partial charge on any atom is 0.325 e. The van der Waals surface area contributed by atoms with Crippen molar-refractivity contribution in [1.29, 1.82) is 0 Å². The second-order valence-electron chi connectivity index (χ2n) is 10.2. The first-order chi connectivity index (χ1) is 18.4. The number of aliphatic carboxylic acids is 1. The summed E-state index contributed by atoms with van der Waals surface area (Å²) in [6.07, 6.45) is 0. The number of carboxylic acid groups (broad SMARTS) is 1. The molecular formula is C27H27N5O7. The summed E-state index contributed by atoms with van der Waals surface area (Å²) in [5, 5.41) is 24.9. The van der Waals surface area contributed by atoms with Crippen molar-refractivity contribution in [2.75, 3.05) is 4.90 Å². The predicted molar refractivity (Wildman–Crippen MR) is 139 cm³/mol. The topological polar surface area (TPSA) is 157 Å². The third-order valence-corrected chi connectivity index (χ3v) is 8.07. The largest absolute Gasteiger partial charge is 0.480 e. The molecule has 2 saturated heterocycles. The molecule has 12 nitrogen and oxygen atoms in total. The third-order valence-electron chi connectivity index (χ3n) is 8.07. The van der Waals surface area contributed by atoms with Crippen LogP contribution in [0.25, 0.3) is 5.69 Å². The van der Waals surface area contributed by atoms with Gasteiger partial charge in [0.25, 0.3) is 11.2 Å². The number of carbonyl (C=O) groups excluding carboxylic acids is 2. The van der Waals surface area contributed by atoms with Gasteiger partial charge >= 0.3 is 5.97 Å². The van der Waals surface area contributed by atoms with Crippen molar-refractivity contribution in [2.45, 2.75) is 32.4 Å². The van der Waals surface area contributed by atoms with Gasteiger partial charge < -0.3 is 5.11 Å². The number of amides is 2. The Balaban J connectivity index is 1.72. The number of carbonyl (C=O) groups is 3. The van der Waals surface area contributed by atoms with Crippen LogP contribution in [0.3, 0.4) is 0 Å². The third kappa shape index (κ3) is 3.55. The Labute approximate surface area is 222 Å². The van der Waals surface area contributed by atoms with E-state index in [1.807, 2.05) is 6.07 Å². The number of aromatic nitrogens is 2. The maximum atomic E-state index is 14.0. The van der Waals surface area contributed by atoms with Gasteiger partial charge in [-0.3, -0.25) is 39.3 Å². The van der Waals surface area contributed by atoms with Crippen LogP contribution in [0.2, 0.25) is 0 Å². The standard InChI is InChI=1S/C27H27N5O7/c1-14(2)27(26(36)37)21-20(23(33)30(25(21)35)17-11-8-12-18(13-17)32(38)39)22(28-27)19-15(3)29(4)31(24(19)34)16-9-6-5-7-10-16/h5-14,20-22,28H,1-4H3,(H,36,37). The predicted octanol–water partition coefficient (Wildman–Crippen LogP) is 2.32. The fourth-order valence-corrected chi connectivity index (χ4v) is 6.11. The van der Waals surface area contributed by atoms with Crippen LogP contribution in [0.4, 0.5) is 11.4 Å². The average Bonchev–Trinajstić information content (AvgIpc) is 3.46. The van der Waals surface area contributed by atoms with E-state index in [-0.39, 0.29) is 16.9 Å². The minimum atomic E-state index is -1.87. The van der Waals surface area contributed by atoms with Gasteiger partial charge in [0, 0.05) is 24.9 Å². The highest BCUT2D eigenvalue weighted by molar-refractivity contribution is 6.24. The molecular weight excluding hydrogens is 506 g/mol. The van der Waals surface area contributed by atoms with E-state index >= 15 is 0 Å². The number of nitrogens with zero attached hydrogens (tertiary/aromatic N) is 4. The number of nitro groups is 1. The van der Waals surface area contributed by atoms with Gasteiger partial charge in [0.1, 0.15) is 5.54 Å². The average molecular weight is 534 g/mol. The van der Waals surface area contributed by atoms with Crippen LogP contribution >= 0.6 is 0 Å². The van der Waals surface area contributed by atoms with Gasteiger partial charge in [-0.25, -0.2) is 9.58 Å². The summed E-state index contributed by atoms with van der Waals surface area (Å²) in [7, 11) is 1.68. The van der Waals surface area contributed by atoms with Crippen molar-refractivity contribution in [1.82, 2.24) is 14.7 Å². The quantitative estimate of drug-likeness (QED) is 0.278. The molecule has 3 aromatic rings. The van der Waals surface area contributed by atoms with E-state index < -0.39 is 57.6 Å². The number of carboxylic acids is 1. The molecule has 2 fully saturated rings. The van der Waals surface area contributed by atoms with Crippen molar-refractivity contribution in [3.63, 3.8) is 0 Å². The minimum Gasteiger partial charge on any atom is -0.480 e. The molecule has 1 aromatic heterocycles. The Morgan fingerprint density at radius 3 is 2.28 bits per heavy atom. The summed E-state index contributed by atoms with van der Waals surface area (Å²) < 4.78 is 3.05. The number of hydrogen-bond donors (Lipinski definition) is 2. The lowest BCUT2D eigenvalue weighted by molar-refractivity contribution is -0.384. The fraction of sp³-hybridized carbons (Fsp3) is 0.333. The number of benzene rings is 2. The van der Waals surface area contributed by atoms with Crippen LogP contribution in [-0.4, -0.2) is 42.7 Å². The van der Waals surface area contributed by atoms with Gasteiger partial charge in [0.15, 0.2) is 0 Å². The number of non-ortho nitro benzene ring substituents is 1. The van der Waals surface area contributed by atoms with Gasteiger partial charge in [-0.1, -0.05) is 38.1 Å². The van der Waals surface area contributed by atoms with E-state index in [1.54, 1.807) is 56.8 Å². The summed E-state index contributed by atoms with van der Waals surface area (Å²) in [6.45, 7) is 4.96. The van der Waals surface area contributed by atoms with Crippen LogP contribution < -0.4 is 15.8 Å². The van der Waals surface area contributed by atoms with Gasteiger partial charge in [0.2, 0.25) is 11.8 Å². The summed E-state index contributed by atoms with van der Waals surface area (Å²) >= 11 is 0. The van der Waals surface area contributed by atoms with Crippen LogP contribution in [-0.2, 0) is 21.4 Å². The van der Waals surface area contributed by atoms with Gasteiger partial charge in [-0.05, 0) is 31.0 Å². The SMILES string of the molecule is Cc1c(C2NC(C(=O)O)(C(C)C)C3C(=O)N(c4cccc([N+](=O)[O-])c4)C(=O)C23)c(=O)n(-c2ccccc2)n1C. The minimum absolute atomic E-state index is 0.0260. The highest BCUT2D eigenvalue weighted by Gasteiger charge is 2.70. The molecule has 202 valence electrons. The number of nitro benzene ring substituents is 1. The lowest BCUT2D eigenvalue weighted by Crippen LogP contribution is -2.59. The number of anilines is 1. The van der Waals surface area contributed by atoms with Gasteiger partial charge in [-0.2, -0.15) is 0 Å². The Morgan fingerprint density at radius 1 is 1.05 bits per heavy atom. The zero-order valence-electron chi connectivity index (χ0n) is 21.7. The first-order valence-corrected chi connectivity index (χ1v) is 12.4. The van der Waals surface area contributed by atoms with Crippen LogP contribution in [0.5, 0.6) is 0 Å². The number of para-hydroxylation sites is 1. The van der Waals surface area contributed by atoms with Crippen LogP contribution in [0.15, 0.2) is 59.4 Å². The van der Waals surface area contributed by atoms with Crippen molar-refractivity contribution in [3.05, 3.63) is 86.3 Å². The van der Waals surface area contributed by atoms with Crippen LogP contribution in [0, 0.1) is 34.8 Å². The summed E-state index contributed by atoms with van der Waals surface area (Å²) in [4.78, 5) is 66.1. The van der Waals surface area contributed by atoms with Crippen molar-refractivity contribution < 1.29 is 24.4 Å². The van der Waals surface area contributed by atoms with E-state index in [0.29, 0.717) is 11.4 Å². The highest BCUT2D eigenvalue weighted by Crippen LogP contribution is 2.52. The molecule has 4 unspecified atom stereocenters. The number of hydrogen-bond acceptors (Lipinski definition) is 7. The molecule has 0 aliphatic carbocycles. The molecule has 2 N–H and O–H groups in total. The molecule has 5 rings (SSSR count). The molecule has 12 heteroatoms. The number of rotatable bonds is 6. The molecule has 0 spiro atoms. The van der Waals surface area contributed by atoms with Crippen molar-refractivity contribution in [3.8, 4) is 5.69 Å². The van der Waals surface area contributed by atoms with E-state index in [0.717, 1.165) is 11.0 Å². The molecule has 3 heterocycles. The van der Waals surface area contributed by atoms with Crippen LogP contribution in [0.1, 0.15) is 31.1 Å². The number of imide groups is 1. The molecule has 39 heavy (non-hydrogen) atoms. The van der Waals surface area contributed by atoms with Gasteiger partial charge in [-0.15, -0.1) is 0 Å². The summed E-state index contributed by atoms with van der Waals surface area (Å²) in [5.41, 5.74) is -1.41. The first kappa shape index (κ1) is 26.0. The highest BCUT2D eigenvalue weighted by atomic mass is 16.6. The zero-order valence-corrected chi connectivity index (χ0v) is 21.7. The van der Waals surface area contributed by atoms with Crippen molar-refractivity contribution in [2.24, 2.45) is 24.8 Å². The number of fused-ring (bicyclic) bond motifs is 1. The molecule has 2 aromatic carbocycles. The van der Waals surface area contributed by atoms with Crippen molar-refractivity contribution >= 4 is 29.2 Å². The zero-order chi connectivity index (χ0) is 28.4. The summed E-state index contributed by atoms with van der Waals surface area (Å²) in [5.74, 6) is -6.07. The second-order valence-corrected chi connectivity index (χ2v) is 10.2. The van der Waals surface area contributed by atoms with Gasteiger partial charge in [0.05, 0.1) is 39.7 Å². The van der Waals surface area contributed by atoms with E-state index in [9.17, 15) is 34.4 Å². The maximum absolute atomic E-state index is 14.0. The molecule has 0 radical (unpaired) electrons. The second kappa shape index (κ2) is 9.02. The smallest absolute Gasteiger partial charge is 0.325 e. The fourth-order valence-electron chi connectivity index (χ4n) is 6.11. The normalized spacial score (nSPS) is 24.4. The molecule has 2 aliphatic heterocycles. The summed E-state index contributed by atoms with van der Waals surface area (Å²) in [6, 6.07) is 12.8. The Kier molecular flexibility index (Phi) is 6.02. The Hall–Kier alpha value is -4.58. The number of nitrogens with one attached hydrogen (secondary N) is 1. The molecule has 2 aliphatic rings. The Bertz CT molecular complexity index is 1590. The molecule has 2 amide bonds. The first-order valence-electron chi connectivity index (χ1n) is 12.4. The molecule has 0 bridgehead atoms. The van der Waals surface area contributed by atoms with E-state index in [4.69, 9.17) is 0 Å². The lowest BCUT2D eigenvalue weighted by atomic mass is 9.73.